The molecule has 4 heteroatoms. The van der Waals surface area contributed by atoms with Gasteiger partial charge in [-0.1, -0.05) is 0 Å². The van der Waals surface area contributed by atoms with Gasteiger partial charge >= 0.3 is 121 Å². The maximum absolute atomic E-state index is 4.24. The van der Waals surface area contributed by atoms with Gasteiger partial charge in [0.1, 0.15) is 0 Å². The van der Waals surface area contributed by atoms with Crippen molar-refractivity contribution in [3.8, 4) is 0 Å². The van der Waals surface area contributed by atoms with Gasteiger partial charge < -0.3 is 0 Å². The molecule has 0 fully saturated rings. The Morgan fingerprint density at radius 3 is 1.22 bits per heavy atom. The van der Waals surface area contributed by atoms with Gasteiger partial charge in [-0.15, -0.1) is 0 Å². The molecule has 0 amide bonds. The van der Waals surface area contributed by atoms with Gasteiger partial charge in [0.2, 0.25) is 0 Å². The van der Waals surface area contributed by atoms with Crippen LogP contribution >= 0.6 is 0 Å². The first-order chi connectivity index (χ1) is 8.81. The van der Waals surface area contributed by atoms with E-state index in [-0.39, 0.29) is 0 Å². The standard InChI is InChI=1S/C14H14N2Se2/c1-17-13-7-3-11(4-8-13)15-16-12-5-9-14(18-2)10-6-12/h3-10H,1-2H3. The van der Waals surface area contributed by atoms with E-state index in [1.807, 2.05) is 24.3 Å². The van der Waals surface area contributed by atoms with Crippen LogP contribution in [0.15, 0.2) is 58.8 Å². The first-order valence-electron chi connectivity index (χ1n) is 5.51. The molecule has 0 saturated heterocycles. The van der Waals surface area contributed by atoms with Crippen molar-refractivity contribution in [1.82, 2.24) is 0 Å². The molecule has 0 aliphatic carbocycles. The molecule has 0 bridgehead atoms. The van der Waals surface area contributed by atoms with Gasteiger partial charge in [0, 0.05) is 0 Å². The molecule has 92 valence electrons. The fraction of sp³-hybridized carbons (Fsp3) is 0.143. The summed E-state index contributed by atoms with van der Waals surface area (Å²) in [6.07, 6.45) is 0. The van der Waals surface area contributed by atoms with Crippen molar-refractivity contribution in [3.05, 3.63) is 48.5 Å². The number of nitrogens with zero attached hydrogens (tertiary/aromatic N) is 2. The van der Waals surface area contributed by atoms with Crippen molar-refractivity contribution in [2.45, 2.75) is 11.6 Å². The van der Waals surface area contributed by atoms with Gasteiger partial charge in [-0.25, -0.2) is 0 Å². The van der Waals surface area contributed by atoms with Crippen LogP contribution in [0, 0.1) is 0 Å². The molecule has 2 nitrogen and oxygen atoms in total. The van der Waals surface area contributed by atoms with E-state index in [0.717, 1.165) is 11.4 Å². The predicted octanol–water partition coefficient (Wildman–Crippen LogP) is 2.86. The summed E-state index contributed by atoms with van der Waals surface area (Å²) in [5.74, 6) is 4.42. The van der Waals surface area contributed by atoms with Crippen LogP contribution in [0.25, 0.3) is 0 Å². The Bertz CT molecular complexity index is 469. The normalized spacial score (nSPS) is 11.0. The van der Waals surface area contributed by atoms with Gasteiger partial charge in [0.15, 0.2) is 0 Å². The number of hydrogen-bond acceptors (Lipinski definition) is 2. The Hall–Kier alpha value is -0.921. The van der Waals surface area contributed by atoms with Gasteiger partial charge in [0.25, 0.3) is 0 Å². The third kappa shape index (κ3) is 3.79. The Labute approximate surface area is 120 Å². The molecular formula is C14H14N2Se2. The summed E-state index contributed by atoms with van der Waals surface area (Å²) in [5, 5.41) is 8.49. The van der Waals surface area contributed by atoms with Crippen LogP contribution in [-0.2, 0) is 0 Å². The first-order valence-corrected chi connectivity index (χ1v) is 10.7. The zero-order valence-electron chi connectivity index (χ0n) is 10.3. The zero-order chi connectivity index (χ0) is 12.8. The Morgan fingerprint density at radius 1 is 0.611 bits per heavy atom. The minimum absolute atomic E-state index is 0.549. The van der Waals surface area contributed by atoms with Gasteiger partial charge in [-0.05, 0) is 0 Å². The third-order valence-corrected chi connectivity index (χ3v) is 5.55. The van der Waals surface area contributed by atoms with Crippen LogP contribution in [0.4, 0.5) is 11.4 Å². The van der Waals surface area contributed by atoms with Gasteiger partial charge in [-0.2, -0.15) is 0 Å². The molecule has 0 unspecified atom stereocenters. The summed E-state index contributed by atoms with van der Waals surface area (Å²) in [5.41, 5.74) is 1.82. The predicted molar refractivity (Wildman–Crippen MR) is 79.6 cm³/mol. The van der Waals surface area contributed by atoms with Gasteiger partial charge in [-0.3, -0.25) is 0 Å². The second-order valence-electron chi connectivity index (χ2n) is 3.60. The second kappa shape index (κ2) is 6.86. The van der Waals surface area contributed by atoms with E-state index in [9.17, 15) is 0 Å². The Kier molecular flexibility index (Phi) is 5.15. The summed E-state index contributed by atoms with van der Waals surface area (Å²) in [7, 11) is 0. The van der Waals surface area contributed by atoms with Crippen molar-refractivity contribution in [1.29, 1.82) is 0 Å². The van der Waals surface area contributed by atoms with Crippen molar-refractivity contribution in [2.24, 2.45) is 10.2 Å². The molecule has 0 aliphatic rings. The fourth-order valence-corrected chi connectivity index (χ4v) is 3.13. The van der Waals surface area contributed by atoms with E-state index in [0.29, 0.717) is 29.9 Å². The number of rotatable bonds is 4. The molecule has 0 aromatic heterocycles. The molecule has 2 aromatic carbocycles. The molecule has 0 heterocycles. The van der Waals surface area contributed by atoms with Crippen molar-refractivity contribution < 1.29 is 0 Å². The SMILES string of the molecule is C[Se]c1ccc(N=Nc2ccc([Se]C)cc2)cc1. The van der Waals surface area contributed by atoms with Crippen molar-refractivity contribution in [2.75, 3.05) is 0 Å². The molecule has 0 saturated carbocycles. The molecule has 0 aliphatic heterocycles. The minimum atomic E-state index is 0.549. The number of hydrogen-bond donors (Lipinski definition) is 0. The molecule has 0 radical (unpaired) electrons. The summed E-state index contributed by atoms with van der Waals surface area (Å²) < 4.78 is 2.77. The summed E-state index contributed by atoms with van der Waals surface area (Å²) >= 11 is 1.10. The molecular weight excluding hydrogens is 354 g/mol. The summed E-state index contributed by atoms with van der Waals surface area (Å²) in [4.78, 5) is 0. The van der Waals surface area contributed by atoms with E-state index < -0.39 is 0 Å². The second-order valence-corrected chi connectivity index (χ2v) is 7.29. The Morgan fingerprint density at radius 2 is 0.944 bits per heavy atom. The van der Waals surface area contributed by atoms with E-state index in [1.165, 1.54) is 8.92 Å². The van der Waals surface area contributed by atoms with E-state index in [1.54, 1.807) is 0 Å². The van der Waals surface area contributed by atoms with E-state index in [2.05, 4.69) is 46.1 Å². The maximum atomic E-state index is 4.24. The monoisotopic (exact) mass is 370 g/mol. The molecule has 2 rings (SSSR count). The number of azo groups is 1. The van der Waals surface area contributed by atoms with Crippen LogP contribution in [0.2, 0.25) is 11.6 Å². The average Bonchev–Trinajstić information content (AvgIpc) is 2.46. The van der Waals surface area contributed by atoms with E-state index in [4.69, 9.17) is 0 Å². The van der Waals surface area contributed by atoms with Crippen molar-refractivity contribution >= 4 is 50.2 Å². The van der Waals surface area contributed by atoms with Crippen LogP contribution in [-0.4, -0.2) is 29.9 Å². The van der Waals surface area contributed by atoms with Crippen LogP contribution in [0.3, 0.4) is 0 Å². The van der Waals surface area contributed by atoms with Crippen LogP contribution < -0.4 is 8.92 Å². The third-order valence-electron chi connectivity index (χ3n) is 2.43. The van der Waals surface area contributed by atoms with Crippen molar-refractivity contribution in [3.63, 3.8) is 0 Å². The Balaban J connectivity index is 2.08. The summed E-state index contributed by atoms with van der Waals surface area (Å²) in [6, 6.07) is 16.6. The molecule has 0 atom stereocenters. The molecule has 0 spiro atoms. The quantitative estimate of drug-likeness (QED) is 0.586. The number of benzene rings is 2. The zero-order valence-corrected chi connectivity index (χ0v) is 13.8. The van der Waals surface area contributed by atoms with E-state index >= 15 is 0 Å². The topological polar surface area (TPSA) is 24.7 Å². The fourth-order valence-electron chi connectivity index (χ4n) is 1.41. The average molecular weight is 368 g/mol. The molecule has 18 heavy (non-hydrogen) atoms. The van der Waals surface area contributed by atoms with Gasteiger partial charge in [0.05, 0.1) is 0 Å². The van der Waals surface area contributed by atoms with Crippen LogP contribution in [0.1, 0.15) is 0 Å². The summed E-state index contributed by atoms with van der Waals surface area (Å²) in [6.45, 7) is 0. The molecule has 0 N–H and O–H groups in total. The molecule has 2 aromatic rings. The first kappa shape index (κ1) is 13.5. The van der Waals surface area contributed by atoms with Crippen LogP contribution in [0.5, 0.6) is 0 Å².